The molecule has 2 unspecified atom stereocenters. The van der Waals surface area contributed by atoms with Crippen molar-refractivity contribution >= 4 is 46.8 Å². The van der Waals surface area contributed by atoms with E-state index in [1.54, 1.807) is 30.8 Å². The van der Waals surface area contributed by atoms with Crippen LogP contribution < -0.4 is 5.32 Å². The van der Waals surface area contributed by atoms with Crippen LogP contribution in [0, 0.1) is 18.8 Å². The summed E-state index contributed by atoms with van der Waals surface area (Å²) in [6.07, 6.45) is 1.36. The number of anilines is 1. The van der Waals surface area contributed by atoms with E-state index in [4.69, 9.17) is 16.3 Å². The van der Waals surface area contributed by atoms with Crippen LogP contribution in [0.3, 0.4) is 0 Å². The van der Waals surface area contributed by atoms with Gasteiger partial charge in [0, 0.05) is 11.3 Å². The Labute approximate surface area is 190 Å². The maximum Gasteiger partial charge on any atom is 0.311 e. The predicted octanol–water partition coefficient (Wildman–Crippen LogP) is 2.62. The molecule has 5 atom stereocenters. The van der Waals surface area contributed by atoms with Gasteiger partial charge in [-0.1, -0.05) is 23.7 Å². The van der Waals surface area contributed by atoms with Gasteiger partial charge in [0.15, 0.2) is 0 Å². The number of amides is 2. The van der Waals surface area contributed by atoms with Crippen molar-refractivity contribution in [2.24, 2.45) is 11.8 Å². The summed E-state index contributed by atoms with van der Waals surface area (Å²) in [6.45, 7) is 5.58. The molecule has 1 spiro atoms. The molecule has 7 nitrogen and oxygen atoms in total. The van der Waals surface area contributed by atoms with Crippen LogP contribution in [0.2, 0.25) is 5.02 Å². The predicted molar refractivity (Wildman–Crippen MR) is 119 cm³/mol. The van der Waals surface area contributed by atoms with E-state index in [1.807, 2.05) is 19.9 Å². The first-order valence-corrected chi connectivity index (χ1v) is 11.7. The number of carbonyl (C=O) groups excluding carboxylic acids is 3. The van der Waals surface area contributed by atoms with Gasteiger partial charge in [0.25, 0.3) is 0 Å². The molecule has 3 heterocycles. The molecule has 2 amide bonds. The molecule has 1 aromatic carbocycles. The van der Waals surface area contributed by atoms with E-state index in [2.05, 4.69) is 5.32 Å². The van der Waals surface area contributed by atoms with Crippen molar-refractivity contribution in [3.63, 3.8) is 0 Å². The van der Waals surface area contributed by atoms with E-state index in [1.165, 1.54) is 4.90 Å². The van der Waals surface area contributed by atoms with Gasteiger partial charge >= 0.3 is 5.97 Å². The van der Waals surface area contributed by atoms with Gasteiger partial charge in [-0.25, -0.2) is 0 Å². The summed E-state index contributed by atoms with van der Waals surface area (Å²) in [5.74, 6) is -2.25. The van der Waals surface area contributed by atoms with Gasteiger partial charge in [0.1, 0.15) is 6.04 Å². The number of aryl methyl sites for hydroxylation is 1. The van der Waals surface area contributed by atoms with E-state index < -0.39 is 27.4 Å². The molecule has 3 aliphatic heterocycles. The lowest BCUT2D eigenvalue weighted by Gasteiger charge is -2.34. The van der Waals surface area contributed by atoms with Crippen LogP contribution in [0.25, 0.3) is 0 Å². The number of carbonyl (C=O) groups is 3. The molecular weight excluding hydrogens is 440 g/mol. The third-order valence-electron chi connectivity index (χ3n) is 6.88. The zero-order valence-electron chi connectivity index (χ0n) is 17.8. The van der Waals surface area contributed by atoms with Crippen LogP contribution in [0.15, 0.2) is 18.2 Å². The number of ether oxygens (including phenoxy) is 1. The SMILES string of the molecule is CCOC(=O)[C@H]1[C@H]2C(=O)N(CCO)C(C(=O)Nc3c(C)cccc3Cl)C23CC[C@]1(C)S3. The number of β-amino-alcohol motifs (C(OH)–C–C–N with tert-alkyl or cyclic N) is 1. The fraction of sp³-hybridized carbons (Fsp3) is 0.591. The van der Waals surface area contributed by atoms with E-state index in [-0.39, 0.29) is 37.5 Å². The van der Waals surface area contributed by atoms with Gasteiger partial charge in [-0.05, 0) is 45.2 Å². The maximum atomic E-state index is 13.6. The zero-order chi connectivity index (χ0) is 22.6. The van der Waals surface area contributed by atoms with Crippen LogP contribution >= 0.6 is 23.4 Å². The highest BCUT2D eigenvalue weighted by Gasteiger charge is 2.77. The summed E-state index contributed by atoms with van der Waals surface area (Å²) in [5, 5.41) is 13.0. The lowest BCUT2D eigenvalue weighted by atomic mass is 9.66. The number of aliphatic hydroxyl groups is 1. The third-order valence-corrected chi connectivity index (χ3v) is 9.18. The first kappa shape index (κ1) is 22.4. The Kier molecular flexibility index (Phi) is 5.77. The van der Waals surface area contributed by atoms with E-state index in [9.17, 15) is 19.5 Å². The van der Waals surface area contributed by atoms with E-state index >= 15 is 0 Å². The summed E-state index contributed by atoms with van der Waals surface area (Å²) in [6, 6.07) is 4.55. The normalized spacial score (nSPS) is 33.5. The fourth-order valence-corrected chi connectivity index (χ4v) is 8.26. The summed E-state index contributed by atoms with van der Waals surface area (Å²) in [4.78, 5) is 41.4. The van der Waals surface area contributed by atoms with Crippen molar-refractivity contribution in [3.05, 3.63) is 28.8 Å². The number of fused-ring (bicyclic) bond motifs is 1. The van der Waals surface area contributed by atoms with Crippen LogP contribution in [0.4, 0.5) is 5.69 Å². The second-order valence-corrected chi connectivity index (χ2v) is 11.0. The summed E-state index contributed by atoms with van der Waals surface area (Å²) in [7, 11) is 0. The standard InChI is InChI=1S/C22H27ClN2O5S/c1-4-30-20(29)15-14-19(28)25(10-11-26)17(22(14)9-8-21(15,3)31-22)18(27)24-16-12(2)6-5-7-13(16)23/h5-7,14-15,17,26H,4,8-11H2,1-3H3,(H,24,27)/t14-,15+,17?,21-,22?/m0/s1. The van der Waals surface area contributed by atoms with Gasteiger partial charge in [-0.3, -0.25) is 14.4 Å². The number of hydrogen-bond acceptors (Lipinski definition) is 6. The molecule has 0 radical (unpaired) electrons. The fourth-order valence-electron chi connectivity index (χ4n) is 5.65. The van der Waals surface area contributed by atoms with Gasteiger partial charge in [-0.15, -0.1) is 11.8 Å². The highest BCUT2D eigenvalue weighted by Crippen LogP contribution is 2.71. The maximum absolute atomic E-state index is 13.6. The van der Waals surface area contributed by atoms with Crippen molar-refractivity contribution in [2.45, 2.75) is 49.1 Å². The minimum Gasteiger partial charge on any atom is -0.466 e. The van der Waals surface area contributed by atoms with Crippen molar-refractivity contribution in [3.8, 4) is 0 Å². The number of thioether (sulfide) groups is 1. The minimum absolute atomic E-state index is 0.0312. The van der Waals surface area contributed by atoms with Crippen LogP contribution in [-0.4, -0.2) is 63.1 Å². The van der Waals surface area contributed by atoms with E-state index in [0.717, 1.165) is 5.56 Å². The van der Waals surface area contributed by atoms with Crippen molar-refractivity contribution in [1.82, 2.24) is 4.90 Å². The Morgan fingerprint density at radius 2 is 2.13 bits per heavy atom. The third kappa shape index (κ3) is 3.26. The molecule has 0 aromatic heterocycles. The molecule has 31 heavy (non-hydrogen) atoms. The molecule has 0 saturated carbocycles. The zero-order valence-corrected chi connectivity index (χ0v) is 19.4. The number of likely N-dealkylation sites (tertiary alicyclic amines) is 1. The van der Waals surface area contributed by atoms with Gasteiger partial charge in [0.05, 0.1) is 40.5 Å². The lowest BCUT2D eigenvalue weighted by molar-refractivity contribution is -0.155. The second kappa shape index (κ2) is 7.98. The molecule has 1 aromatic rings. The van der Waals surface area contributed by atoms with Gasteiger partial charge < -0.3 is 20.1 Å². The first-order chi connectivity index (χ1) is 14.7. The summed E-state index contributed by atoms with van der Waals surface area (Å²) in [5.41, 5.74) is 1.32. The number of rotatable bonds is 6. The lowest BCUT2D eigenvalue weighted by Crippen LogP contribution is -2.52. The highest BCUT2D eigenvalue weighted by atomic mass is 35.5. The molecule has 2 bridgehead atoms. The van der Waals surface area contributed by atoms with Gasteiger partial charge in [-0.2, -0.15) is 0 Å². The quantitative estimate of drug-likeness (QED) is 0.626. The molecule has 0 aliphatic carbocycles. The van der Waals surface area contributed by atoms with Gasteiger partial charge in [0.2, 0.25) is 11.8 Å². The van der Waals surface area contributed by atoms with Crippen LogP contribution in [-0.2, 0) is 19.1 Å². The monoisotopic (exact) mass is 466 g/mol. The van der Waals surface area contributed by atoms with E-state index in [0.29, 0.717) is 23.6 Å². The number of aliphatic hydroxyl groups excluding tert-OH is 1. The summed E-state index contributed by atoms with van der Waals surface area (Å²) >= 11 is 7.88. The first-order valence-electron chi connectivity index (χ1n) is 10.5. The molecule has 3 fully saturated rings. The van der Waals surface area contributed by atoms with Crippen molar-refractivity contribution in [1.29, 1.82) is 0 Å². The average molecular weight is 467 g/mol. The highest BCUT2D eigenvalue weighted by molar-refractivity contribution is 8.02. The Hall–Kier alpha value is -1.77. The number of esters is 1. The molecule has 168 valence electrons. The van der Waals surface area contributed by atoms with Crippen LogP contribution in [0.1, 0.15) is 32.3 Å². The largest absolute Gasteiger partial charge is 0.466 e. The molecule has 4 rings (SSSR count). The Bertz CT molecular complexity index is 922. The molecule has 2 N–H and O–H groups in total. The molecule has 9 heteroatoms. The number of nitrogens with zero attached hydrogens (tertiary/aromatic N) is 1. The topological polar surface area (TPSA) is 95.9 Å². The second-order valence-electron chi connectivity index (χ2n) is 8.66. The van der Waals surface area contributed by atoms with Crippen LogP contribution in [0.5, 0.6) is 0 Å². The number of benzene rings is 1. The summed E-state index contributed by atoms with van der Waals surface area (Å²) < 4.78 is 4.12. The molecule has 3 saturated heterocycles. The number of para-hydroxylation sites is 1. The number of nitrogens with one attached hydrogen (secondary N) is 1. The number of hydrogen-bond donors (Lipinski definition) is 2. The average Bonchev–Trinajstić information content (AvgIpc) is 3.27. The van der Waals surface area contributed by atoms with Crippen molar-refractivity contribution in [2.75, 3.05) is 25.1 Å². The van der Waals surface area contributed by atoms with Crippen molar-refractivity contribution < 1.29 is 24.2 Å². The molecular formula is C22H27ClN2O5S. The smallest absolute Gasteiger partial charge is 0.311 e. The Balaban J connectivity index is 1.74. The number of halogens is 1. The minimum atomic E-state index is -0.806. The Morgan fingerprint density at radius 3 is 2.77 bits per heavy atom. The molecule has 3 aliphatic rings. The Morgan fingerprint density at radius 1 is 1.39 bits per heavy atom.